The molecule has 0 aromatic heterocycles. The number of fused-ring (bicyclic) bond motifs is 2. The van der Waals surface area contributed by atoms with Gasteiger partial charge in [-0.25, -0.2) is 0 Å². The Balaban J connectivity index is 2.27. The number of ether oxygens (including phenoxy) is 1. The van der Waals surface area contributed by atoms with Crippen LogP contribution in [0, 0.1) is 0 Å². The fraction of sp³-hybridized carbons (Fsp3) is 0.250. The van der Waals surface area contributed by atoms with E-state index in [1.807, 2.05) is 18.2 Å². The standard InChI is InChI=1S/C16H16O/c1-3-16(2)12-8-4-6-10-14(12)17-15-11-7-5-9-13(15)16/h3-4,6,8-11H,1,5,7H2,2H3. The molecule has 1 aliphatic heterocycles. The summed E-state index contributed by atoms with van der Waals surface area (Å²) in [6.07, 6.45) is 8.65. The predicted octanol–water partition coefficient (Wildman–Crippen LogP) is 4.13. The minimum atomic E-state index is -0.124. The van der Waals surface area contributed by atoms with Gasteiger partial charge in [0.25, 0.3) is 0 Å². The van der Waals surface area contributed by atoms with Crippen LogP contribution in [0.15, 0.2) is 60.4 Å². The summed E-state index contributed by atoms with van der Waals surface area (Å²) in [4.78, 5) is 0. The molecule has 0 radical (unpaired) electrons. The summed E-state index contributed by atoms with van der Waals surface area (Å²) in [6, 6.07) is 8.23. The Labute approximate surface area is 102 Å². The molecule has 3 rings (SSSR count). The third-order valence-electron chi connectivity index (χ3n) is 3.74. The molecule has 0 saturated heterocycles. The molecule has 1 unspecified atom stereocenters. The van der Waals surface area contributed by atoms with Gasteiger partial charge in [0.15, 0.2) is 0 Å². The number of hydrogen-bond acceptors (Lipinski definition) is 1. The zero-order chi connectivity index (χ0) is 11.9. The van der Waals surface area contributed by atoms with Crippen molar-refractivity contribution in [3.63, 3.8) is 0 Å². The van der Waals surface area contributed by atoms with Gasteiger partial charge in [0, 0.05) is 16.6 Å². The Morgan fingerprint density at radius 2 is 2.00 bits per heavy atom. The average Bonchev–Trinajstić information content (AvgIpc) is 2.39. The molecule has 0 bridgehead atoms. The molecule has 1 aliphatic carbocycles. The maximum absolute atomic E-state index is 5.98. The van der Waals surface area contributed by atoms with E-state index in [1.54, 1.807) is 0 Å². The zero-order valence-electron chi connectivity index (χ0n) is 10.1. The minimum absolute atomic E-state index is 0.124. The summed E-state index contributed by atoms with van der Waals surface area (Å²) in [6.45, 7) is 6.24. The summed E-state index contributed by atoms with van der Waals surface area (Å²) in [5, 5.41) is 0. The highest BCUT2D eigenvalue weighted by molar-refractivity contribution is 5.58. The van der Waals surface area contributed by atoms with Crippen LogP contribution < -0.4 is 4.74 Å². The molecule has 0 fully saturated rings. The molecule has 0 saturated carbocycles. The van der Waals surface area contributed by atoms with E-state index >= 15 is 0 Å². The number of rotatable bonds is 1. The first-order valence-corrected chi connectivity index (χ1v) is 6.08. The smallest absolute Gasteiger partial charge is 0.131 e. The Morgan fingerprint density at radius 3 is 2.82 bits per heavy atom. The van der Waals surface area contributed by atoms with Crippen molar-refractivity contribution in [1.82, 2.24) is 0 Å². The van der Waals surface area contributed by atoms with Crippen molar-refractivity contribution < 1.29 is 4.74 Å². The largest absolute Gasteiger partial charge is 0.457 e. The molecule has 1 heterocycles. The van der Waals surface area contributed by atoms with Gasteiger partial charge in [0.05, 0.1) is 0 Å². The molecule has 1 nitrogen and oxygen atoms in total. The van der Waals surface area contributed by atoms with Gasteiger partial charge in [-0.15, -0.1) is 6.58 Å². The lowest BCUT2D eigenvalue weighted by atomic mass is 9.71. The average molecular weight is 224 g/mol. The molecule has 1 heteroatoms. The van der Waals surface area contributed by atoms with E-state index < -0.39 is 0 Å². The highest BCUT2D eigenvalue weighted by Crippen LogP contribution is 2.47. The summed E-state index contributed by atoms with van der Waals surface area (Å²) >= 11 is 0. The Morgan fingerprint density at radius 1 is 1.24 bits per heavy atom. The highest BCUT2D eigenvalue weighted by atomic mass is 16.5. The van der Waals surface area contributed by atoms with Crippen LogP contribution in [0.1, 0.15) is 25.3 Å². The van der Waals surface area contributed by atoms with Gasteiger partial charge in [-0.3, -0.25) is 0 Å². The molecule has 1 aromatic carbocycles. The van der Waals surface area contributed by atoms with Gasteiger partial charge in [-0.1, -0.05) is 30.4 Å². The molecule has 2 aliphatic rings. The van der Waals surface area contributed by atoms with Crippen molar-refractivity contribution in [2.75, 3.05) is 0 Å². The van der Waals surface area contributed by atoms with Crippen LogP contribution in [0.3, 0.4) is 0 Å². The Hall–Kier alpha value is -1.76. The summed E-state index contributed by atoms with van der Waals surface area (Å²) in [5.74, 6) is 1.97. The maximum atomic E-state index is 5.98. The molecule has 86 valence electrons. The normalized spacial score (nSPS) is 25.9. The first-order chi connectivity index (χ1) is 8.25. The van der Waals surface area contributed by atoms with Crippen molar-refractivity contribution >= 4 is 0 Å². The van der Waals surface area contributed by atoms with Crippen molar-refractivity contribution in [1.29, 1.82) is 0 Å². The minimum Gasteiger partial charge on any atom is -0.457 e. The maximum Gasteiger partial charge on any atom is 0.131 e. The molecule has 0 spiro atoms. The van der Waals surface area contributed by atoms with Crippen molar-refractivity contribution in [3.05, 3.63) is 66.0 Å². The van der Waals surface area contributed by atoms with Crippen molar-refractivity contribution in [2.24, 2.45) is 0 Å². The van der Waals surface area contributed by atoms with E-state index in [2.05, 4.69) is 37.8 Å². The van der Waals surface area contributed by atoms with Crippen LogP contribution in [-0.4, -0.2) is 0 Å². The third-order valence-corrected chi connectivity index (χ3v) is 3.74. The lowest BCUT2D eigenvalue weighted by Gasteiger charge is -2.38. The second kappa shape index (κ2) is 3.63. The van der Waals surface area contributed by atoms with Crippen LogP contribution in [0.25, 0.3) is 0 Å². The van der Waals surface area contributed by atoms with Gasteiger partial charge in [0.1, 0.15) is 11.5 Å². The number of allylic oxidation sites excluding steroid dienone is 4. The highest BCUT2D eigenvalue weighted by Gasteiger charge is 2.38. The van der Waals surface area contributed by atoms with Crippen molar-refractivity contribution in [2.45, 2.75) is 25.2 Å². The van der Waals surface area contributed by atoms with Crippen LogP contribution in [0.4, 0.5) is 0 Å². The van der Waals surface area contributed by atoms with Gasteiger partial charge in [-0.05, 0) is 31.9 Å². The fourth-order valence-electron chi connectivity index (χ4n) is 2.69. The van der Waals surface area contributed by atoms with Gasteiger partial charge in [-0.2, -0.15) is 0 Å². The molecular weight excluding hydrogens is 208 g/mol. The van der Waals surface area contributed by atoms with E-state index in [0.29, 0.717) is 0 Å². The molecule has 1 atom stereocenters. The third kappa shape index (κ3) is 1.39. The quantitative estimate of drug-likeness (QED) is 0.652. The van der Waals surface area contributed by atoms with E-state index in [1.165, 1.54) is 11.1 Å². The summed E-state index contributed by atoms with van der Waals surface area (Å²) < 4.78 is 5.98. The fourth-order valence-corrected chi connectivity index (χ4v) is 2.69. The van der Waals surface area contributed by atoms with Crippen LogP contribution in [-0.2, 0) is 5.41 Å². The van der Waals surface area contributed by atoms with Crippen LogP contribution in [0.5, 0.6) is 5.75 Å². The Bertz CT molecular complexity index is 536. The number of para-hydroxylation sites is 1. The van der Waals surface area contributed by atoms with Crippen LogP contribution in [0.2, 0.25) is 0 Å². The lowest BCUT2D eigenvalue weighted by molar-refractivity contribution is 0.378. The van der Waals surface area contributed by atoms with Gasteiger partial charge < -0.3 is 4.74 Å². The van der Waals surface area contributed by atoms with E-state index in [0.717, 1.165) is 24.4 Å². The van der Waals surface area contributed by atoms with E-state index in [-0.39, 0.29) is 5.41 Å². The molecular formula is C16H16O. The monoisotopic (exact) mass is 224 g/mol. The lowest BCUT2D eigenvalue weighted by Crippen LogP contribution is -2.30. The molecule has 1 aromatic rings. The zero-order valence-corrected chi connectivity index (χ0v) is 10.1. The van der Waals surface area contributed by atoms with Gasteiger partial charge >= 0.3 is 0 Å². The first kappa shape index (κ1) is 10.4. The number of benzene rings is 1. The summed E-state index contributed by atoms with van der Waals surface area (Å²) in [5.41, 5.74) is 2.35. The van der Waals surface area contributed by atoms with Gasteiger partial charge in [0.2, 0.25) is 0 Å². The molecule has 0 amide bonds. The second-order valence-corrected chi connectivity index (χ2v) is 4.77. The second-order valence-electron chi connectivity index (χ2n) is 4.77. The summed E-state index contributed by atoms with van der Waals surface area (Å²) in [7, 11) is 0. The number of hydrogen-bond donors (Lipinski definition) is 0. The first-order valence-electron chi connectivity index (χ1n) is 6.08. The molecule has 0 N–H and O–H groups in total. The SMILES string of the molecule is C=CC1(C)C2=CCCC=C2Oc2ccccc21. The Kier molecular flexibility index (Phi) is 2.22. The predicted molar refractivity (Wildman–Crippen MR) is 70.0 cm³/mol. The van der Waals surface area contributed by atoms with Crippen molar-refractivity contribution in [3.8, 4) is 5.75 Å². The van der Waals surface area contributed by atoms with E-state index in [4.69, 9.17) is 4.74 Å². The topological polar surface area (TPSA) is 9.23 Å². The molecule has 17 heavy (non-hydrogen) atoms. The van der Waals surface area contributed by atoms with E-state index in [9.17, 15) is 0 Å². The van der Waals surface area contributed by atoms with Crippen LogP contribution >= 0.6 is 0 Å².